The summed E-state index contributed by atoms with van der Waals surface area (Å²) in [5.41, 5.74) is 0.817. The molecule has 15 heavy (non-hydrogen) atoms. The molecule has 0 aliphatic carbocycles. The van der Waals surface area contributed by atoms with Crippen LogP contribution in [0.25, 0.3) is 0 Å². The first-order valence-electron chi connectivity index (χ1n) is 5.25. The summed E-state index contributed by atoms with van der Waals surface area (Å²) in [4.78, 5) is 0. The quantitative estimate of drug-likeness (QED) is 0.744. The normalized spacial score (nSPS) is 19.8. The van der Waals surface area contributed by atoms with Gasteiger partial charge in [0.05, 0.1) is 6.61 Å². The molecule has 0 aromatic heterocycles. The third kappa shape index (κ3) is 1.87. The number of hydrogen-bond acceptors (Lipinski definition) is 3. The van der Waals surface area contributed by atoms with Crippen molar-refractivity contribution in [3.8, 4) is 17.2 Å². The van der Waals surface area contributed by atoms with Crippen molar-refractivity contribution in [2.45, 2.75) is 20.3 Å². The topological polar surface area (TPSA) is 49.7 Å². The molecule has 2 rings (SSSR count). The highest BCUT2D eigenvalue weighted by molar-refractivity contribution is 5.50. The first kappa shape index (κ1) is 10.1. The molecule has 1 aromatic carbocycles. The Bertz CT molecular complexity index is 371. The molecule has 0 saturated carbocycles. The van der Waals surface area contributed by atoms with Gasteiger partial charge >= 0.3 is 0 Å². The summed E-state index contributed by atoms with van der Waals surface area (Å²) in [6, 6.07) is 2.93. The average molecular weight is 208 g/mol. The standard InChI is InChI=1S/C12H16O3/c1-7(2)8-3-10-11(14)4-9(13)5-12(10)15-6-8/h4-5,7-8,13-14H,3,6H2,1-2H3. The van der Waals surface area contributed by atoms with Gasteiger partial charge in [0.25, 0.3) is 0 Å². The highest BCUT2D eigenvalue weighted by Gasteiger charge is 2.25. The van der Waals surface area contributed by atoms with Gasteiger partial charge < -0.3 is 14.9 Å². The molecule has 1 unspecified atom stereocenters. The van der Waals surface area contributed by atoms with Gasteiger partial charge in [-0.2, -0.15) is 0 Å². The Balaban J connectivity index is 2.33. The minimum Gasteiger partial charge on any atom is -0.508 e. The van der Waals surface area contributed by atoms with Crippen molar-refractivity contribution in [3.63, 3.8) is 0 Å². The number of hydrogen-bond donors (Lipinski definition) is 2. The molecular formula is C12H16O3. The van der Waals surface area contributed by atoms with Gasteiger partial charge in [0.15, 0.2) is 0 Å². The van der Waals surface area contributed by atoms with Crippen LogP contribution in [0.4, 0.5) is 0 Å². The fourth-order valence-electron chi connectivity index (χ4n) is 1.90. The van der Waals surface area contributed by atoms with Crippen molar-refractivity contribution in [1.82, 2.24) is 0 Å². The average Bonchev–Trinajstić information content (AvgIpc) is 2.16. The highest BCUT2D eigenvalue weighted by atomic mass is 16.5. The van der Waals surface area contributed by atoms with E-state index in [1.54, 1.807) is 6.07 Å². The molecule has 3 heteroatoms. The molecule has 0 radical (unpaired) electrons. The first-order valence-corrected chi connectivity index (χ1v) is 5.25. The van der Waals surface area contributed by atoms with Crippen molar-refractivity contribution >= 4 is 0 Å². The molecule has 0 spiro atoms. The van der Waals surface area contributed by atoms with E-state index in [0.29, 0.717) is 24.2 Å². The van der Waals surface area contributed by atoms with Gasteiger partial charge in [-0.3, -0.25) is 0 Å². The Hall–Kier alpha value is -1.38. The Labute approximate surface area is 89.3 Å². The van der Waals surface area contributed by atoms with Crippen LogP contribution in [-0.2, 0) is 6.42 Å². The second-order valence-electron chi connectivity index (χ2n) is 4.46. The van der Waals surface area contributed by atoms with Gasteiger partial charge in [-0.1, -0.05) is 13.8 Å². The van der Waals surface area contributed by atoms with Crippen LogP contribution in [0.15, 0.2) is 12.1 Å². The summed E-state index contributed by atoms with van der Waals surface area (Å²) in [7, 11) is 0. The molecule has 82 valence electrons. The van der Waals surface area contributed by atoms with E-state index in [2.05, 4.69) is 13.8 Å². The molecule has 1 aliphatic heterocycles. The lowest BCUT2D eigenvalue weighted by atomic mass is 9.87. The maximum atomic E-state index is 9.70. The maximum absolute atomic E-state index is 9.70. The Morgan fingerprint density at radius 3 is 2.73 bits per heavy atom. The second kappa shape index (κ2) is 3.65. The van der Waals surface area contributed by atoms with Crippen molar-refractivity contribution in [1.29, 1.82) is 0 Å². The number of fused-ring (bicyclic) bond motifs is 1. The Morgan fingerprint density at radius 1 is 1.33 bits per heavy atom. The van der Waals surface area contributed by atoms with Crippen LogP contribution in [-0.4, -0.2) is 16.8 Å². The monoisotopic (exact) mass is 208 g/mol. The summed E-state index contributed by atoms with van der Waals surface area (Å²) in [6.45, 7) is 4.96. The van der Waals surface area contributed by atoms with Gasteiger partial charge in [0.2, 0.25) is 0 Å². The SMILES string of the molecule is CC(C)C1COc2cc(O)cc(O)c2C1. The first-order chi connectivity index (χ1) is 7.08. The molecule has 1 heterocycles. The van der Waals surface area contributed by atoms with E-state index >= 15 is 0 Å². The van der Waals surface area contributed by atoms with E-state index in [4.69, 9.17) is 4.74 Å². The fraction of sp³-hybridized carbons (Fsp3) is 0.500. The molecule has 0 saturated heterocycles. The molecule has 1 atom stereocenters. The summed E-state index contributed by atoms with van der Waals surface area (Å²) < 4.78 is 5.54. The lowest BCUT2D eigenvalue weighted by molar-refractivity contribution is 0.181. The van der Waals surface area contributed by atoms with Crippen LogP contribution >= 0.6 is 0 Å². The molecule has 1 aromatic rings. The smallest absolute Gasteiger partial charge is 0.129 e. The predicted octanol–water partition coefficient (Wildman–Crippen LogP) is 2.30. The van der Waals surface area contributed by atoms with Crippen LogP contribution in [0.2, 0.25) is 0 Å². The molecule has 3 nitrogen and oxygen atoms in total. The van der Waals surface area contributed by atoms with Crippen LogP contribution in [0, 0.1) is 11.8 Å². The fourth-order valence-corrected chi connectivity index (χ4v) is 1.90. The number of phenols is 2. The molecule has 2 N–H and O–H groups in total. The van der Waals surface area contributed by atoms with Crippen molar-refractivity contribution in [3.05, 3.63) is 17.7 Å². The van der Waals surface area contributed by atoms with E-state index in [0.717, 1.165) is 12.0 Å². The number of ether oxygens (including phenoxy) is 1. The Kier molecular flexibility index (Phi) is 2.47. The lowest BCUT2D eigenvalue weighted by Crippen LogP contribution is -2.25. The number of rotatable bonds is 1. The van der Waals surface area contributed by atoms with Gasteiger partial charge in [-0.25, -0.2) is 0 Å². The summed E-state index contributed by atoms with van der Waals surface area (Å²) >= 11 is 0. The van der Waals surface area contributed by atoms with E-state index in [-0.39, 0.29) is 11.5 Å². The highest BCUT2D eigenvalue weighted by Crippen LogP contribution is 2.38. The number of benzene rings is 1. The Morgan fingerprint density at radius 2 is 2.07 bits per heavy atom. The zero-order chi connectivity index (χ0) is 11.0. The summed E-state index contributed by atoms with van der Waals surface area (Å²) in [5, 5.41) is 19.0. The van der Waals surface area contributed by atoms with Crippen LogP contribution < -0.4 is 4.74 Å². The summed E-state index contributed by atoms with van der Waals surface area (Å²) in [5.74, 6) is 1.77. The minimum atomic E-state index is 0.0502. The maximum Gasteiger partial charge on any atom is 0.129 e. The lowest BCUT2D eigenvalue weighted by Gasteiger charge is -2.28. The predicted molar refractivity (Wildman–Crippen MR) is 57.3 cm³/mol. The molecule has 0 bridgehead atoms. The van der Waals surface area contributed by atoms with Gasteiger partial charge in [-0.15, -0.1) is 0 Å². The van der Waals surface area contributed by atoms with E-state index in [1.165, 1.54) is 6.07 Å². The van der Waals surface area contributed by atoms with Gasteiger partial charge in [0, 0.05) is 17.7 Å². The zero-order valence-electron chi connectivity index (χ0n) is 9.03. The molecule has 0 amide bonds. The largest absolute Gasteiger partial charge is 0.508 e. The van der Waals surface area contributed by atoms with Crippen LogP contribution in [0.1, 0.15) is 19.4 Å². The van der Waals surface area contributed by atoms with Crippen LogP contribution in [0.5, 0.6) is 17.2 Å². The number of aromatic hydroxyl groups is 2. The minimum absolute atomic E-state index is 0.0502. The van der Waals surface area contributed by atoms with Crippen molar-refractivity contribution in [2.75, 3.05) is 6.61 Å². The van der Waals surface area contributed by atoms with E-state index in [1.807, 2.05) is 0 Å². The van der Waals surface area contributed by atoms with E-state index < -0.39 is 0 Å². The summed E-state index contributed by atoms with van der Waals surface area (Å²) in [6.07, 6.45) is 0.819. The number of phenolic OH excluding ortho intramolecular Hbond substituents is 2. The molecule has 0 fully saturated rings. The van der Waals surface area contributed by atoms with Gasteiger partial charge in [0.1, 0.15) is 17.2 Å². The molecule has 1 aliphatic rings. The van der Waals surface area contributed by atoms with E-state index in [9.17, 15) is 10.2 Å². The van der Waals surface area contributed by atoms with Crippen molar-refractivity contribution in [2.24, 2.45) is 11.8 Å². The van der Waals surface area contributed by atoms with Gasteiger partial charge in [-0.05, 0) is 18.3 Å². The third-order valence-corrected chi connectivity index (χ3v) is 3.03. The zero-order valence-corrected chi connectivity index (χ0v) is 9.03. The van der Waals surface area contributed by atoms with Crippen molar-refractivity contribution < 1.29 is 14.9 Å². The second-order valence-corrected chi connectivity index (χ2v) is 4.46. The third-order valence-electron chi connectivity index (χ3n) is 3.03. The molecular weight excluding hydrogens is 192 g/mol. The van der Waals surface area contributed by atoms with Crippen LogP contribution in [0.3, 0.4) is 0 Å².